The molecule has 2 aromatic carbocycles. The molecule has 2 rings (SSSR count). The Labute approximate surface area is 247 Å². The van der Waals surface area contributed by atoms with Gasteiger partial charge < -0.3 is 29.7 Å². The van der Waals surface area contributed by atoms with Crippen molar-refractivity contribution in [1.82, 2.24) is 16.1 Å². The third-order valence-corrected chi connectivity index (χ3v) is 6.05. The molecule has 3 amide bonds. The van der Waals surface area contributed by atoms with Crippen LogP contribution in [-0.4, -0.2) is 76.9 Å². The average molecular weight is 586 g/mol. The smallest absolute Gasteiger partial charge is 0.334 e. The van der Waals surface area contributed by atoms with Crippen LogP contribution >= 0.6 is 0 Å². The molecule has 0 saturated heterocycles. The normalized spacial score (nSPS) is 10.6. The fraction of sp³-hybridized carbons (Fsp3) is 0.484. The van der Waals surface area contributed by atoms with Crippen LogP contribution in [-0.2, 0) is 57.5 Å². The highest BCUT2D eigenvalue weighted by Gasteiger charge is 2.10. The molecular weight excluding hydrogens is 542 g/mol. The van der Waals surface area contributed by atoms with Gasteiger partial charge in [-0.1, -0.05) is 54.6 Å². The van der Waals surface area contributed by atoms with Crippen LogP contribution in [0.15, 0.2) is 54.6 Å². The maximum absolute atomic E-state index is 12.1. The number of unbranched alkanes of at least 4 members (excludes halogenated alkanes) is 1. The van der Waals surface area contributed by atoms with E-state index in [0.717, 1.165) is 31.2 Å². The molecule has 11 nitrogen and oxygen atoms in total. The summed E-state index contributed by atoms with van der Waals surface area (Å²) in [6, 6.07) is 18.3. The molecule has 3 N–H and O–H groups in total. The van der Waals surface area contributed by atoms with Gasteiger partial charge >= 0.3 is 5.97 Å². The Kier molecular flexibility index (Phi) is 17.9. The van der Waals surface area contributed by atoms with Crippen LogP contribution in [0.3, 0.4) is 0 Å². The van der Waals surface area contributed by atoms with Crippen molar-refractivity contribution < 1.29 is 38.2 Å². The molecule has 0 fully saturated rings. The quantitative estimate of drug-likeness (QED) is 0.149. The maximum Gasteiger partial charge on any atom is 0.334 e. The number of amides is 3. The number of hydrogen-bond acceptors (Lipinski definition) is 8. The van der Waals surface area contributed by atoms with Crippen molar-refractivity contribution in [2.75, 3.05) is 53.2 Å². The Hall–Kier alpha value is -3.80. The van der Waals surface area contributed by atoms with E-state index in [1.807, 2.05) is 30.3 Å². The summed E-state index contributed by atoms with van der Waals surface area (Å²) in [4.78, 5) is 52.4. The molecule has 11 heteroatoms. The first kappa shape index (κ1) is 34.4. The van der Waals surface area contributed by atoms with Crippen molar-refractivity contribution in [1.29, 1.82) is 0 Å². The van der Waals surface area contributed by atoms with Crippen molar-refractivity contribution in [3.05, 3.63) is 71.3 Å². The first-order valence-electron chi connectivity index (χ1n) is 14.2. The highest BCUT2D eigenvalue weighted by molar-refractivity contribution is 5.81. The van der Waals surface area contributed by atoms with E-state index in [1.54, 1.807) is 7.11 Å². The molecule has 0 aromatic heterocycles. The third-order valence-electron chi connectivity index (χ3n) is 6.05. The number of carbonyl (C=O) groups is 4. The van der Waals surface area contributed by atoms with Crippen molar-refractivity contribution in [3.63, 3.8) is 0 Å². The van der Waals surface area contributed by atoms with Gasteiger partial charge in [0.2, 0.25) is 11.8 Å². The summed E-state index contributed by atoms with van der Waals surface area (Å²) in [6.45, 7) is 1.63. The van der Waals surface area contributed by atoms with E-state index in [4.69, 9.17) is 19.0 Å². The van der Waals surface area contributed by atoms with Crippen LogP contribution in [0.25, 0.3) is 0 Å². The second-order valence-electron chi connectivity index (χ2n) is 9.54. The molecule has 0 aliphatic rings. The lowest BCUT2D eigenvalue weighted by atomic mass is 10.0. The standard InChI is InChI=1S/C31H43N3O8/c1-39-19-20-40-21-22-41-24-30(37)33-17-15-28(35)32-18-16-31(38)42-34-29(36)23-27-13-11-26(12-14-27)10-6-5-9-25-7-3-2-4-8-25/h2-4,7-8,11-14H,5-6,9-10,15-24H2,1H3,(H,32,35)(H,33,37)(H,34,36). The van der Waals surface area contributed by atoms with Crippen molar-refractivity contribution >= 4 is 23.7 Å². The molecule has 230 valence electrons. The minimum absolute atomic E-state index is 0.0421. The van der Waals surface area contributed by atoms with Crippen LogP contribution < -0.4 is 16.1 Å². The summed E-state index contributed by atoms with van der Waals surface area (Å²) in [5.41, 5.74) is 5.53. The fourth-order valence-corrected chi connectivity index (χ4v) is 3.80. The Morgan fingerprint density at radius 2 is 1.24 bits per heavy atom. The molecule has 0 aliphatic carbocycles. The summed E-state index contributed by atoms with van der Waals surface area (Å²) in [6.07, 6.45) is 4.26. The molecule has 0 aliphatic heterocycles. The topological polar surface area (TPSA) is 141 Å². The number of carbonyl (C=O) groups excluding carboxylic acids is 4. The van der Waals surface area contributed by atoms with E-state index in [1.165, 1.54) is 11.1 Å². The second-order valence-corrected chi connectivity index (χ2v) is 9.54. The number of methoxy groups -OCH3 is 1. The Bertz CT molecular complexity index is 1060. The van der Waals surface area contributed by atoms with Crippen LogP contribution in [0, 0.1) is 0 Å². The van der Waals surface area contributed by atoms with E-state index in [9.17, 15) is 19.2 Å². The van der Waals surface area contributed by atoms with Gasteiger partial charge in [-0.05, 0) is 42.4 Å². The number of hydrogen-bond donors (Lipinski definition) is 3. The lowest BCUT2D eigenvalue weighted by molar-refractivity contribution is -0.158. The van der Waals surface area contributed by atoms with Gasteiger partial charge in [-0.2, -0.15) is 5.48 Å². The number of nitrogens with one attached hydrogen (secondary N) is 3. The van der Waals surface area contributed by atoms with Gasteiger partial charge in [-0.15, -0.1) is 0 Å². The number of ether oxygens (including phenoxy) is 3. The first-order chi connectivity index (χ1) is 20.5. The molecule has 0 spiro atoms. The van der Waals surface area contributed by atoms with E-state index in [2.05, 4.69) is 40.4 Å². The monoisotopic (exact) mass is 585 g/mol. The number of benzene rings is 2. The summed E-state index contributed by atoms with van der Waals surface area (Å²) < 4.78 is 15.2. The van der Waals surface area contributed by atoms with E-state index in [-0.39, 0.29) is 57.4 Å². The number of aryl methyl sites for hydroxylation is 2. The summed E-state index contributed by atoms with van der Waals surface area (Å²) >= 11 is 0. The van der Waals surface area contributed by atoms with Crippen LogP contribution in [0.5, 0.6) is 0 Å². The molecule has 0 saturated carbocycles. The molecule has 0 atom stereocenters. The van der Waals surface area contributed by atoms with Crippen LogP contribution in [0.2, 0.25) is 0 Å². The molecular formula is C31H43N3O8. The van der Waals surface area contributed by atoms with E-state index >= 15 is 0 Å². The third kappa shape index (κ3) is 17.1. The van der Waals surface area contributed by atoms with Crippen molar-refractivity contribution in [2.45, 2.75) is 44.9 Å². The first-order valence-corrected chi connectivity index (χ1v) is 14.2. The van der Waals surface area contributed by atoms with Gasteiger partial charge in [-0.25, -0.2) is 4.79 Å². The van der Waals surface area contributed by atoms with Crippen LogP contribution in [0.1, 0.15) is 42.4 Å². The van der Waals surface area contributed by atoms with Crippen molar-refractivity contribution in [2.24, 2.45) is 0 Å². The highest BCUT2D eigenvalue weighted by Crippen LogP contribution is 2.11. The van der Waals surface area contributed by atoms with Gasteiger partial charge in [-0.3, -0.25) is 14.4 Å². The molecule has 0 bridgehead atoms. The van der Waals surface area contributed by atoms with E-state index in [0.29, 0.717) is 19.8 Å². The molecule has 0 heterocycles. The summed E-state index contributed by atoms with van der Waals surface area (Å²) in [5.74, 6) is -1.80. The van der Waals surface area contributed by atoms with E-state index < -0.39 is 11.9 Å². The Balaban J connectivity index is 1.46. The SMILES string of the molecule is COCCOCCOCC(=O)NCCC(=O)NCCC(=O)ONC(=O)Cc1ccc(CCCCc2ccccc2)cc1. The molecule has 0 unspecified atom stereocenters. The zero-order chi connectivity index (χ0) is 30.3. The lowest BCUT2D eigenvalue weighted by Gasteiger charge is -2.08. The minimum Gasteiger partial charge on any atom is -0.382 e. The van der Waals surface area contributed by atoms with Crippen LogP contribution in [0.4, 0.5) is 0 Å². The van der Waals surface area contributed by atoms with Gasteiger partial charge in [0.15, 0.2) is 0 Å². The predicted octanol–water partition coefficient (Wildman–Crippen LogP) is 2.06. The van der Waals surface area contributed by atoms with Gasteiger partial charge in [0.1, 0.15) is 6.61 Å². The van der Waals surface area contributed by atoms with Gasteiger partial charge in [0.05, 0.1) is 39.3 Å². The zero-order valence-electron chi connectivity index (χ0n) is 24.4. The largest absolute Gasteiger partial charge is 0.382 e. The highest BCUT2D eigenvalue weighted by atomic mass is 16.7. The maximum atomic E-state index is 12.1. The molecule has 0 radical (unpaired) electrons. The minimum atomic E-state index is -0.675. The Morgan fingerprint density at radius 3 is 1.95 bits per heavy atom. The van der Waals surface area contributed by atoms with Crippen molar-refractivity contribution in [3.8, 4) is 0 Å². The lowest BCUT2D eigenvalue weighted by Crippen LogP contribution is -2.34. The number of rotatable bonds is 21. The number of hydroxylamine groups is 1. The van der Waals surface area contributed by atoms with Gasteiger partial charge in [0.25, 0.3) is 5.91 Å². The Morgan fingerprint density at radius 1 is 0.643 bits per heavy atom. The average Bonchev–Trinajstić information content (AvgIpc) is 2.99. The van der Waals surface area contributed by atoms with Gasteiger partial charge in [0, 0.05) is 26.6 Å². The summed E-state index contributed by atoms with van der Waals surface area (Å²) in [5, 5.41) is 5.13. The predicted molar refractivity (Wildman–Crippen MR) is 156 cm³/mol. The molecule has 42 heavy (non-hydrogen) atoms. The fourth-order valence-electron chi connectivity index (χ4n) is 3.80. The summed E-state index contributed by atoms with van der Waals surface area (Å²) in [7, 11) is 1.58. The second kappa shape index (κ2) is 21.9. The zero-order valence-corrected chi connectivity index (χ0v) is 24.4. The molecule has 2 aromatic rings.